The molecule has 7 nitrogen and oxygen atoms in total. The Morgan fingerprint density at radius 1 is 1.12 bits per heavy atom. The monoisotopic (exact) mass is 453 g/mol. The molecule has 3 aliphatic rings. The Hall–Kier alpha value is -2.40. The van der Waals surface area contributed by atoms with Crippen molar-refractivity contribution in [3.63, 3.8) is 0 Å². The van der Waals surface area contributed by atoms with E-state index in [1.807, 2.05) is 24.3 Å². The van der Waals surface area contributed by atoms with Crippen LogP contribution in [0.3, 0.4) is 0 Å². The van der Waals surface area contributed by atoms with Crippen molar-refractivity contribution in [3.8, 4) is 6.07 Å². The standard InChI is InChI=1S/C24H28ClN5O2/c25-21-7-2-1-4-17(21)14-28-23-29-15-18(12-26)22(30-23)27-13-16-10-19-5-3-6-20(11-16)24(19)31-8-9-32-24/h1-2,4,7,15-16,19-20H,3,5-6,8-11,13-14H2,(H2,27,28,29,30)/t16?,19-,20+. The zero-order valence-electron chi connectivity index (χ0n) is 18.0. The third kappa shape index (κ3) is 4.15. The van der Waals surface area contributed by atoms with Crippen LogP contribution in [0.1, 0.15) is 43.2 Å². The molecule has 1 saturated heterocycles. The van der Waals surface area contributed by atoms with Gasteiger partial charge in [0.05, 0.1) is 19.4 Å². The molecule has 2 aromatic rings. The molecule has 0 radical (unpaired) electrons. The Morgan fingerprint density at radius 3 is 2.59 bits per heavy atom. The second-order valence-electron chi connectivity index (χ2n) is 8.97. The van der Waals surface area contributed by atoms with Gasteiger partial charge in [-0.3, -0.25) is 0 Å². The molecule has 2 N–H and O–H groups in total. The summed E-state index contributed by atoms with van der Waals surface area (Å²) >= 11 is 6.24. The molecule has 168 valence electrons. The second kappa shape index (κ2) is 9.22. The largest absolute Gasteiger partial charge is 0.369 e. The van der Waals surface area contributed by atoms with Crippen molar-refractivity contribution in [1.29, 1.82) is 5.26 Å². The van der Waals surface area contributed by atoms with Crippen molar-refractivity contribution < 1.29 is 9.47 Å². The van der Waals surface area contributed by atoms with Crippen LogP contribution >= 0.6 is 11.6 Å². The molecule has 1 unspecified atom stereocenters. The van der Waals surface area contributed by atoms with E-state index in [2.05, 4.69) is 26.7 Å². The summed E-state index contributed by atoms with van der Waals surface area (Å²) in [6.45, 7) is 2.72. The van der Waals surface area contributed by atoms with Crippen molar-refractivity contribution in [2.75, 3.05) is 30.4 Å². The van der Waals surface area contributed by atoms with Crippen molar-refractivity contribution in [3.05, 3.63) is 46.6 Å². The van der Waals surface area contributed by atoms with Gasteiger partial charge in [0.15, 0.2) is 5.79 Å². The summed E-state index contributed by atoms with van der Waals surface area (Å²) in [4.78, 5) is 8.85. The summed E-state index contributed by atoms with van der Waals surface area (Å²) in [5.74, 6) is 2.12. The molecule has 2 bridgehead atoms. The fourth-order valence-electron chi connectivity index (χ4n) is 5.63. The zero-order valence-corrected chi connectivity index (χ0v) is 18.8. The molecule has 3 fully saturated rings. The van der Waals surface area contributed by atoms with Gasteiger partial charge in [0.25, 0.3) is 0 Å². The fraction of sp³-hybridized carbons (Fsp3) is 0.542. The quantitative estimate of drug-likeness (QED) is 0.660. The Labute approximate surface area is 193 Å². The molecule has 1 aliphatic heterocycles. The fourth-order valence-corrected chi connectivity index (χ4v) is 5.84. The van der Waals surface area contributed by atoms with Gasteiger partial charge < -0.3 is 20.1 Å². The molecule has 1 aromatic carbocycles. The topological polar surface area (TPSA) is 92.1 Å². The Kier molecular flexibility index (Phi) is 6.18. The third-order valence-electron chi connectivity index (χ3n) is 7.08. The average molecular weight is 454 g/mol. The molecule has 1 spiro atoms. The number of ether oxygens (including phenoxy) is 2. The van der Waals surface area contributed by atoms with E-state index in [9.17, 15) is 5.26 Å². The van der Waals surface area contributed by atoms with Crippen LogP contribution in [0.5, 0.6) is 0 Å². The molecule has 2 aliphatic carbocycles. The van der Waals surface area contributed by atoms with Crippen LogP contribution < -0.4 is 10.6 Å². The molecule has 2 heterocycles. The van der Waals surface area contributed by atoms with Crippen LogP contribution in [0.15, 0.2) is 30.5 Å². The van der Waals surface area contributed by atoms with E-state index in [0.29, 0.717) is 59.9 Å². The number of hydrogen-bond acceptors (Lipinski definition) is 7. The minimum atomic E-state index is -0.336. The second-order valence-corrected chi connectivity index (χ2v) is 9.38. The summed E-state index contributed by atoms with van der Waals surface area (Å²) in [7, 11) is 0. The number of nitrogens with one attached hydrogen (secondary N) is 2. The summed E-state index contributed by atoms with van der Waals surface area (Å²) in [6.07, 6.45) is 7.31. The lowest BCUT2D eigenvalue weighted by Crippen LogP contribution is -2.54. The van der Waals surface area contributed by atoms with Gasteiger partial charge in [-0.05, 0) is 43.2 Å². The van der Waals surface area contributed by atoms with Gasteiger partial charge in [0.1, 0.15) is 17.5 Å². The third-order valence-corrected chi connectivity index (χ3v) is 7.45. The van der Waals surface area contributed by atoms with Gasteiger partial charge in [-0.2, -0.15) is 10.2 Å². The summed E-state index contributed by atoms with van der Waals surface area (Å²) in [5.41, 5.74) is 1.42. The normalized spacial score (nSPS) is 25.9. The van der Waals surface area contributed by atoms with Crippen LogP contribution in [-0.4, -0.2) is 35.5 Å². The maximum atomic E-state index is 9.52. The minimum absolute atomic E-state index is 0.336. The van der Waals surface area contributed by atoms with Crippen molar-refractivity contribution in [2.45, 2.75) is 44.4 Å². The molecular formula is C24H28ClN5O2. The van der Waals surface area contributed by atoms with E-state index in [4.69, 9.17) is 21.1 Å². The number of nitriles is 1. The SMILES string of the molecule is N#Cc1cnc(NCc2ccccc2Cl)nc1NCC1C[C@H]2CCC[C@@H](C1)C21OCCO1. The summed E-state index contributed by atoms with van der Waals surface area (Å²) < 4.78 is 12.3. The van der Waals surface area contributed by atoms with Crippen LogP contribution in [0.4, 0.5) is 11.8 Å². The first-order chi connectivity index (χ1) is 15.7. The number of halogens is 1. The maximum Gasteiger partial charge on any atom is 0.224 e. The molecule has 5 rings (SSSR count). The van der Waals surface area contributed by atoms with E-state index < -0.39 is 0 Å². The van der Waals surface area contributed by atoms with Crippen LogP contribution in [0.2, 0.25) is 5.02 Å². The number of nitrogens with zero attached hydrogens (tertiary/aromatic N) is 3. The van der Waals surface area contributed by atoms with E-state index in [1.165, 1.54) is 19.3 Å². The number of aromatic nitrogens is 2. The smallest absolute Gasteiger partial charge is 0.224 e. The first-order valence-electron chi connectivity index (χ1n) is 11.4. The molecule has 8 heteroatoms. The van der Waals surface area contributed by atoms with E-state index in [0.717, 1.165) is 24.9 Å². The van der Waals surface area contributed by atoms with Crippen molar-refractivity contribution in [1.82, 2.24) is 9.97 Å². The van der Waals surface area contributed by atoms with Gasteiger partial charge in [0, 0.05) is 29.9 Å². The molecule has 1 aromatic heterocycles. The lowest BCUT2D eigenvalue weighted by atomic mass is 9.63. The minimum Gasteiger partial charge on any atom is -0.369 e. The Bertz CT molecular complexity index is 988. The lowest BCUT2D eigenvalue weighted by molar-refractivity contribution is -0.265. The van der Waals surface area contributed by atoms with E-state index in [1.54, 1.807) is 6.20 Å². The predicted molar refractivity (Wildman–Crippen MR) is 122 cm³/mol. The molecule has 0 amide bonds. The molecule has 2 saturated carbocycles. The highest BCUT2D eigenvalue weighted by atomic mass is 35.5. The first kappa shape index (κ1) is 21.4. The van der Waals surface area contributed by atoms with Crippen molar-refractivity contribution in [2.24, 2.45) is 17.8 Å². The zero-order chi connectivity index (χ0) is 22.0. The molecule has 32 heavy (non-hydrogen) atoms. The highest BCUT2D eigenvalue weighted by molar-refractivity contribution is 6.31. The Balaban J connectivity index is 1.24. The molecular weight excluding hydrogens is 426 g/mol. The summed E-state index contributed by atoms with van der Waals surface area (Å²) in [5, 5.41) is 16.9. The van der Waals surface area contributed by atoms with Gasteiger partial charge in [-0.1, -0.05) is 36.2 Å². The van der Waals surface area contributed by atoms with Gasteiger partial charge in [0.2, 0.25) is 5.95 Å². The predicted octanol–water partition coefficient (Wildman–Crippen LogP) is 4.60. The average Bonchev–Trinajstić information content (AvgIpc) is 3.27. The van der Waals surface area contributed by atoms with E-state index in [-0.39, 0.29) is 5.79 Å². The number of rotatable bonds is 6. The Morgan fingerprint density at radius 2 is 1.88 bits per heavy atom. The number of benzene rings is 1. The number of hydrogen-bond donors (Lipinski definition) is 2. The van der Waals surface area contributed by atoms with Gasteiger partial charge in [-0.15, -0.1) is 0 Å². The van der Waals surface area contributed by atoms with Crippen molar-refractivity contribution >= 4 is 23.4 Å². The number of anilines is 2. The van der Waals surface area contributed by atoms with Crippen LogP contribution in [0.25, 0.3) is 0 Å². The molecule has 3 atom stereocenters. The van der Waals surface area contributed by atoms with Gasteiger partial charge >= 0.3 is 0 Å². The highest BCUT2D eigenvalue weighted by Gasteiger charge is 2.55. The maximum absolute atomic E-state index is 9.52. The van der Waals surface area contributed by atoms with Crippen LogP contribution in [0, 0.1) is 29.1 Å². The van der Waals surface area contributed by atoms with E-state index >= 15 is 0 Å². The lowest BCUT2D eigenvalue weighted by Gasteiger charge is -2.51. The summed E-state index contributed by atoms with van der Waals surface area (Å²) in [6, 6.07) is 9.86. The highest BCUT2D eigenvalue weighted by Crippen LogP contribution is 2.53. The van der Waals surface area contributed by atoms with Crippen LogP contribution in [-0.2, 0) is 16.0 Å². The first-order valence-corrected chi connectivity index (χ1v) is 11.8. The van der Waals surface area contributed by atoms with Gasteiger partial charge in [-0.25, -0.2) is 4.98 Å².